The topological polar surface area (TPSA) is 84.9 Å². The average Bonchev–Trinajstić information content (AvgIpc) is 2.67. The predicted octanol–water partition coefficient (Wildman–Crippen LogP) is 3.78. The van der Waals surface area contributed by atoms with E-state index in [2.05, 4.69) is 5.32 Å². The van der Waals surface area contributed by atoms with Crippen LogP contribution in [0.5, 0.6) is 11.5 Å². The van der Waals surface area contributed by atoms with Crippen LogP contribution in [0.1, 0.15) is 29.2 Å². The number of carbonyl (C=O) groups excluding carboxylic acids is 1. The number of ether oxygens (including phenoxy) is 2. The molecule has 8 heteroatoms. The van der Waals surface area contributed by atoms with E-state index in [9.17, 15) is 13.2 Å². The van der Waals surface area contributed by atoms with Gasteiger partial charge in [0, 0.05) is 24.4 Å². The highest BCUT2D eigenvalue weighted by molar-refractivity contribution is 7.97. The minimum absolute atomic E-state index is 0.288. The molecule has 7 nitrogen and oxygen atoms in total. The molecule has 0 saturated carbocycles. The number of aryl methyl sites for hydroxylation is 3. The molecule has 1 aliphatic rings. The third kappa shape index (κ3) is 3.41. The minimum Gasteiger partial charge on any atom is -0.493 e. The van der Waals surface area contributed by atoms with Gasteiger partial charge in [-0.15, -0.1) is 0 Å². The maximum Gasteiger partial charge on any atom is 0.269 e. The number of rotatable bonds is 4. The Morgan fingerprint density at radius 2 is 1.47 bits per heavy atom. The van der Waals surface area contributed by atoms with Crippen molar-refractivity contribution in [2.75, 3.05) is 30.9 Å². The second-order valence-electron chi connectivity index (χ2n) is 7.38. The maximum atomic E-state index is 13.2. The second kappa shape index (κ2) is 7.68. The van der Waals surface area contributed by atoms with Crippen molar-refractivity contribution in [2.45, 2.75) is 27.7 Å². The first-order valence-electron chi connectivity index (χ1n) is 9.38. The van der Waals surface area contributed by atoms with Crippen molar-refractivity contribution in [3.8, 4) is 11.5 Å². The summed E-state index contributed by atoms with van der Waals surface area (Å²) in [6, 6.07) is 7.16. The van der Waals surface area contributed by atoms with Crippen LogP contribution in [0.4, 0.5) is 11.4 Å². The van der Waals surface area contributed by atoms with Gasteiger partial charge in [-0.3, -0.25) is 9.10 Å². The lowest BCUT2D eigenvalue weighted by Crippen LogP contribution is -2.36. The molecule has 0 bridgehead atoms. The summed E-state index contributed by atoms with van der Waals surface area (Å²) >= 11 is 0. The number of nitrogens with one attached hydrogen (secondary N) is 1. The summed E-state index contributed by atoms with van der Waals surface area (Å²) in [4.78, 5) is 12.9. The van der Waals surface area contributed by atoms with E-state index in [1.807, 2.05) is 32.9 Å². The molecule has 2 aromatic rings. The number of nitrogens with zero attached hydrogens (tertiary/aromatic N) is 1. The molecule has 0 unspecified atom stereocenters. The van der Waals surface area contributed by atoms with Gasteiger partial charge in [0.25, 0.3) is 15.9 Å². The zero-order valence-electron chi connectivity index (χ0n) is 18.2. The van der Waals surface area contributed by atoms with Crippen molar-refractivity contribution < 1.29 is 22.7 Å². The third-order valence-electron chi connectivity index (χ3n) is 5.33. The van der Waals surface area contributed by atoms with E-state index < -0.39 is 15.9 Å². The van der Waals surface area contributed by atoms with Gasteiger partial charge in [-0.25, -0.2) is 8.42 Å². The molecule has 0 aliphatic carbocycles. The van der Waals surface area contributed by atoms with E-state index >= 15 is 0 Å². The standard InChI is InChI=1S/C22H26N2O5S/c1-12-8-13(2)20(14(3)9-12)23-22(25)21-15(4)16-10-18(28-6)19(29-7)11-17(16)24(5)30(21,26)27/h8-11H,1-7H3,(H,23,25). The smallest absolute Gasteiger partial charge is 0.269 e. The van der Waals surface area contributed by atoms with Crippen LogP contribution in [-0.4, -0.2) is 35.6 Å². The van der Waals surface area contributed by atoms with Crippen LogP contribution in [0, 0.1) is 20.8 Å². The van der Waals surface area contributed by atoms with Gasteiger partial charge in [-0.2, -0.15) is 0 Å². The Hall–Kier alpha value is -3.00. The summed E-state index contributed by atoms with van der Waals surface area (Å²) in [6.07, 6.45) is 0. The summed E-state index contributed by atoms with van der Waals surface area (Å²) in [5, 5.41) is 2.81. The van der Waals surface area contributed by atoms with Crippen molar-refractivity contribution in [3.05, 3.63) is 51.4 Å². The predicted molar refractivity (Wildman–Crippen MR) is 119 cm³/mol. The molecule has 1 N–H and O–H groups in total. The van der Waals surface area contributed by atoms with Gasteiger partial charge in [0.15, 0.2) is 16.4 Å². The Morgan fingerprint density at radius 3 is 2.00 bits per heavy atom. The summed E-state index contributed by atoms with van der Waals surface area (Å²) in [7, 11) is 0.345. The molecule has 0 radical (unpaired) electrons. The SMILES string of the molecule is COc1cc2c(cc1OC)N(C)S(=O)(=O)C(C(=O)Nc1c(C)cc(C)cc1C)=C2C. The fraction of sp³-hybridized carbons (Fsp3) is 0.318. The van der Waals surface area contributed by atoms with Gasteiger partial charge >= 0.3 is 0 Å². The molecule has 160 valence electrons. The number of allylic oxidation sites excluding steroid dienone is 1. The van der Waals surface area contributed by atoms with E-state index in [1.54, 1.807) is 19.1 Å². The van der Waals surface area contributed by atoms with Gasteiger partial charge in [0.1, 0.15) is 0 Å². The van der Waals surface area contributed by atoms with Crippen LogP contribution >= 0.6 is 0 Å². The van der Waals surface area contributed by atoms with E-state index in [-0.39, 0.29) is 4.91 Å². The molecule has 0 spiro atoms. The fourth-order valence-corrected chi connectivity index (χ4v) is 5.31. The maximum absolute atomic E-state index is 13.2. The number of benzene rings is 2. The van der Waals surface area contributed by atoms with Crippen molar-refractivity contribution in [1.29, 1.82) is 0 Å². The number of hydrogen-bond acceptors (Lipinski definition) is 5. The number of hydrogen-bond donors (Lipinski definition) is 1. The molecule has 3 rings (SSSR count). The van der Waals surface area contributed by atoms with Gasteiger partial charge in [-0.1, -0.05) is 17.7 Å². The van der Waals surface area contributed by atoms with E-state index in [4.69, 9.17) is 9.47 Å². The largest absolute Gasteiger partial charge is 0.493 e. The van der Waals surface area contributed by atoms with E-state index in [1.165, 1.54) is 21.3 Å². The number of amides is 1. The van der Waals surface area contributed by atoms with Crippen LogP contribution in [0.3, 0.4) is 0 Å². The Balaban J connectivity index is 2.17. The first-order valence-corrected chi connectivity index (χ1v) is 10.8. The lowest BCUT2D eigenvalue weighted by molar-refractivity contribution is -0.112. The fourth-order valence-electron chi connectivity index (χ4n) is 3.85. The van der Waals surface area contributed by atoms with Crippen LogP contribution in [0.25, 0.3) is 5.57 Å². The minimum atomic E-state index is -4.06. The molecule has 30 heavy (non-hydrogen) atoms. The molecule has 2 aromatic carbocycles. The number of sulfonamides is 1. The lowest BCUT2D eigenvalue weighted by atomic mass is 10.0. The van der Waals surface area contributed by atoms with Gasteiger partial charge in [0.05, 0.1) is 19.9 Å². The highest BCUT2D eigenvalue weighted by Crippen LogP contribution is 2.44. The number of anilines is 2. The van der Waals surface area contributed by atoms with Crippen molar-refractivity contribution >= 4 is 32.9 Å². The van der Waals surface area contributed by atoms with E-state index in [0.29, 0.717) is 34.0 Å². The molecule has 1 aliphatic heterocycles. The summed E-state index contributed by atoms with van der Waals surface area (Å²) in [5.41, 5.74) is 4.78. The monoisotopic (exact) mass is 430 g/mol. The van der Waals surface area contributed by atoms with Gasteiger partial charge in [-0.05, 0) is 50.5 Å². The third-order valence-corrected chi connectivity index (χ3v) is 7.25. The summed E-state index contributed by atoms with van der Waals surface area (Å²) in [5.74, 6) is 0.188. The first-order chi connectivity index (χ1) is 14.0. The molecule has 0 saturated heterocycles. The Kier molecular flexibility index (Phi) is 5.56. The normalized spacial score (nSPS) is 15.0. The van der Waals surface area contributed by atoms with Crippen molar-refractivity contribution in [2.24, 2.45) is 0 Å². The number of methoxy groups -OCH3 is 2. The molecule has 0 fully saturated rings. The van der Waals surface area contributed by atoms with Crippen LogP contribution in [-0.2, 0) is 14.8 Å². The first kappa shape index (κ1) is 21.7. The summed E-state index contributed by atoms with van der Waals surface area (Å²) < 4.78 is 38.2. The van der Waals surface area contributed by atoms with Crippen LogP contribution < -0.4 is 19.1 Å². The molecular formula is C22H26N2O5S. The lowest BCUT2D eigenvalue weighted by Gasteiger charge is -2.30. The molecule has 1 heterocycles. The Labute approximate surface area is 177 Å². The zero-order chi connectivity index (χ0) is 22.4. The number of fused-ring (bicyclic) bond motifs is 1. The Bertz CT molecular complexity index is 1160. The molecule has 0 atom stereocenters. The highest BCUT2D eigenvalue weighted by Gasteiger charge is 2.38. The quantitative estimate of drug-likeness (QED) is 0.798. The van der Waals surface area contributed by atoms with Crippen molar-refractivity contribution in [3.63, 3.8) is 0 Å². The highest BCUT2D eigenvalue weighted by atomic mass is 32.2. The summed E-state index contributed by atoms with van der Waals surface area (Å²) in [6.45, 7) is 7.35. The zero-order valence-corrected chi connectivity index (χ0v) is 19.0. The Morgan fingerprint density at radius 1 is 0.933 bits per heavy atom. The number of carbonyl (C=O) groups is 1. The van der Waals surface area contributed by atoms with Crippen LogP contribution in [0.15, 0.2) is 29.2 Å². The average molecular weight is 431 g/mol. The molecular weight excluding hydrogens is 404 g/mol. The van der Waals surface area contributed by atoms with Crippen LogP contribution in [0.2, 0.25) is 0 Å². The molecule has 1 amide bonds. The van der Waals surface area contributed by atoms with E-state index in [0.717, 1.165) is 21.0 Å². The van der Waals surface area contributed by atoms with Gasteiger partial charge in [0.2, 0.25) is 0 Å². The second-order valence-corrected chi connectivity index (χ2v) is 9.28. The van der Waals surface area contributed by atoms with Crippen molar-refractivity contribution in [1.82, 2.24) is 0 Å². The molecule has 0 aromatic heterocycles. The van der Waals surface area contributed by atoms with Gasteiger partial charge < -0.3 is 14.8 Å².